The van der Waals surface area contributed by atoms with Crippen LogP contribution in [0, 0.1) is 0 Å². The smallest absolute Gasteiger partial charge is 0.0236 e. The highest BCUT2D eigenvalue weighted by atomic mass is 15.1. The number of hydrogen-bond donors (Lipinski definition) is 1. The monoisotopic (exact) mass is 218 g/mol. The molecule has 2 heteroatoms. The Labute approximate surface area is 98.4 Å². The summed E-state index contributed by atoms with van der Waals surface area (Å²) in [6, 6.07) is 8.96. The van der Waals surface area contributed by atoms with Gasteiger partial charge in [0.2, 0.25) is 0 Å². The van der Waals surface area contributed by atoms with Crippen molar-refractivity contribution in [2.75, 3.05) is 13.1 Å². The van der Waals surface area contributed by atoms with Crippen LogP contribution in [0.25, 0.3) is 0 Å². The highest BCUT2D eigenvalue weighted by Gasteiger charge is 2.13. The standard InChI is InChI=1S/C14H22N2/c1-12(15)10-13-6-2-3-7-14(13)11-16-8-4-5-9-16/h2-3,6-7,12H,4-5,8-11,15H2,1H3. The molecule has 2 rings (SSSR count). The molecule has 16 heavy (non-hydrogen) atoms. The van der Waals surface area contributed by atoms with E-state index in [1.165, 1.54) is 37.1 Å². The van der Waals surface area contributed by atoms with Gasteiger partial charge in [-0.15, -0.1) is 0 Å². The van der Waals surface area contributed by atoms with E-state index in [9.17, 15) is 0 Å². The Hall–Kier alpha value is -0.860. The molecule has 1 aromatic rings. The zero-order valence-electron chi connectivity index (χ0n) is 10.2. The summed E-state index contributed by atoms with van der Waals surface area (Å²) in [6.07, 6.45) is 3.70. The van der Waals surface area contributed by atoms with Crippen molar-refractivity contribution in [2.45, 2.75) is 38.8 Å². The van der Waals surface area contributed by atoms with Crippen molar-refractivity contribution in [3.8, 4) is 0 Å². The van der Waals surface area contributed by atoms with Crippen molar-refractivity contribution < 1.29 is 0 Å². The number of rotatable bonds is 4. The molecule has 1 aliphatic rings. The minimum Gasteiger partial charge on any atom is -0.328 e. The third-order valence-electron chi connectivity index (χ3n) is 3.25. The van der Waals surface area contributed by atoms with E-state index in [0.29, 0.717) is 0 Å². The molecule has 1 fully saturated rings. The summed E-state index contributed by atoms with van der Waals surface area (Å²) < 4.78 is 0. The maximum absolute atomic E-state index is 5.89. The van der Waals surface area contributed by atoms with E-state index in [1.807, 2.05) is 0 Å². The number of likely N-dealkylation sites (tertiary alicyclic amines) is 1. The molecule has 0 saturated carbocycles. The molecule has 1 aliphatic heterocycles. The highest BCUT2D eigenvalue weighted by Crippen LogP contribution is 2.16. The van der Waals surface area contributed by atoms with Gasteiger partial charge in [0.15, 0.2) is 0 Å². The summed E-state index contributed by atoms with van der Waals surface area (Å²) >= 11 is 0. The summed E-state index contributed by atoms with van der Waals surface area (Å²) in [5, 5.41) is 0. The summed E-state index contributed by atoms with van der Waals surface area (Å²) in [4.78, 5) is 2.54. The van der Waals surface area contributed by atoms with Crippen molar-refractivity contribution in [1.82, 2.24) is 4.90 Å². The fourth-order valence-corrected chi connectivity index (χ4v) is 2.44. The molecule has 2 nitrogen and oxygen atoms in total. The van der Waals surface area contributed by atoms with Crippen molar-refractivity contribution in [1.29, 1.82) is 0 Å². The summed E-state index contributed by atoms with van der Waals surface area (Å²) in [7, 11) is 0. The zero-order valence-corrected chi connectivity index (χ0v) is 10.2. The van der Waals surface area contributed by atoms with Gasteiger partial charge in [-0.2, -0.15) is 0 Å². The zero-order chi connectivity index (χ0) is 11.4. The lowest BCUT2D eigenvalue weighted by Crippen LogP contribution is -2.22. The number of nitrogens with zero attached hydrogens (tertiary/aromatic N) is 1. The molecule has 1 aromatic carbocycles. The Kier molecular flexibility index (Phi) is 3.97. The van der Waals surface area contributed by atoms with Crippen LogP contribution in [0.5, 0.6) is 0 Å². The Morgan fingerprint density at radius 2 is 1.81 bits per heavy atom. The maximum Gasteiger partial charge on any atom is 0.0236 e. The van der Waals surface area contributed by atoms with Crippen LogP contribution in [0.15, 0.2) is 24.3 Å². The van der Waals surface area contributed by atoms with E-state index in [-0.39, 0.29) is 6.04 Å². The average Bonchev–Trinajstić information content (AvgIpc) is 2.73. The van der Waals surface area contributed by atoms with Crippen molar-refractivity contribution in [3.63, 3.8) is 0 Å². The van der Waals surface area contributed by atoms with E-state index in [0.717, 1.165) is 13.0 Å². The lowest BCUT2D eigenvalue weighted by Gasteiger charge is -2.18. The minimum absolute atomic E-state index is 0.250. The third-order valence-corrected chi connectivity index (χ3v) is 3.25. The van der Waals surface area contributed by atoms with E-state index < -0.39 is 0 Å². The molecule has 1 atom stereocenters. The second kappa shape index (κ2) is 5.46. The predicted octanol–water partition coefficient (Wildman–Crippen LogP) is 2.17. The molecule has 88 valence electrons. The van der Waals surface area contributed by atoms with Crippen molar-refractivity contribution >= 4 is 0 Å². The van der Waals surface area contributed by atoms with Crippen molar-refractivity contribution in [2.24, 2.45) is 5.73 Å². The molecule has 0 aromatic heterocycles. The molecule has 0 amide bonds. The number of hydrogen-bond acceptors (Lipinski definition) is 2. The van der Waals surface area contributed by atoms with Crippen LogP contribution in [0.4, 0.5) is 0 Å². The van der Waals surface area contributed by atoms with Gasteiger partial charge in [-0.1, -0.05) is 24.3 Å². The van der Waals surface area contributed by atoms with Gasteiger partial charge in [-0.05, 0) is 50.4 Å². The van der Waals surface area contributed by atoms with Gasteiger partial charge >= 0.3 is 0 Å². The molecular weight excluding hydrogens is 196 g/mol. The number of nitrogens with two attached hydrogens (primary N) is 1. The topological polar surface area (TPSA) is 29.3 Å². The first kappa shape index (κ1) is 11.6. The van der Waals surface area contributed by atoms with Gasteiger partial charge in [-0.25, -0.2) is 0 Å². The molecule has 0 bridgehead atoms. The molecular formula is C14H22N2. The normalized spacial score (nSPS) is 18.9. The Morgan fingerprint density at radius 1 is 1.19 bits per heavy atom. The average molecular weight is 218 g/mol. The first-order valence-corrected chi connectivity index (χ1v) is 6.30. The van der Waals surface area contributed by atoms with Gasteiger partial charge in [0, 0.05) is 12.6 Å². The minimum atomic E-state index is 0.250. The fraction of sp³-hybridized carbons (Fsp3) is 0.571. The molecule has 1 saturated heterocycles. The Morgan fingerprint density at radius 3 is 2.44 bits per heavy atom. The fourth-order valence-electron chi connectivity index (χ4n) is 2.44. The van der Waals surface area contributed by atoms with E-state index in [1.54, 1.807) is 0 Å². The van der Waals surface area contributed by atoms with E-state index in [4.69, 9.17) is 5.73 Å². The molecule has 2 N–H and O–H groups in total. The predicted molar refractivity (Wildman–Crippen MR) is 68.3 cm³/mol. The second-order valence-corrected chi connectivity index (χ2v) is 4.93. The van der Waals surface area contributed by atoms with Gasteiger partial charge in [0.1, 0.15) is 0 Å². The van der Waals surface area contributed by atoms with Crippen LogP contribution in [0.1, 0.15) is 30.9 Å². The van der Waals surface area contributed by atoms with Crippen LogP contribution >= 0.6 is 0 Å². The lowest BCUT2D eigenvalue weighted by atomic mass is 10.0. The summed E-state index contributed by atoms with van der Waals surface area (Å²) in [6.45, 7) is 5.69. The molecule has 0 spiro atoms. The van der Waals surface area contributed by atoms with E-state index in [2.05, 4.69) is 36.1 Å². The summed E-state index contributed by atoms with van der Waals surface area (Å²) in [5.41, 5.74) is 8.77. The Bertz CT molecular complexity index is 327. The second-order valence-electron chi connectivity index (χ2n) is 4.93. The summed E-state index contributed by atoms with van der Waals surface area (Å²) in [5.74, 6) is 0. The van der Waals surface area contributed by atoms with Gasteiger partial charge in [0.05, 0.1) is 0 Å². The highest BCUT2D eigenvalue weighted by molar-refractivity contribution is 5.27. The first-order valence-electron chi connectivity index (χ1n) is 6.30. The van der Waals surface area contributed by atoms with Crippen LogP contribution < -0.4 is 5.73 Å². The van der Waals surface area contributed by atoms with E-state index >= 15 is 0 Å². The molecule has 0 radical (unpaired) electrons. The lowest BCUT2D eigenvalue weighted by molar-refractivity contribution is 0.330. The third kappa shape index (κ3) is 3.06. The van der Waals surface area contributed by atoms with Gasteiger partial charge < -0.3 is 5.73 Å². The Balaban J connectivity index is 2.06. The molecule has 1 heterocycles. The van der Waals surface area contributed by atoms with Gasteiger partial charge in [0.25, 0.3) is 0 Å². The van der Waals surface area contributed by atoms with Crippen LogP contribution in [-0.2, 0) is 13.0 Å². The molecule has 1 unspecified atom stereocenters. The quantitative estimate of drug-likeness (QED) is 0.839. The molecule has 0 aliphatic carbocycles. The SMILES string of the molecule is CC(N)Cc1ccccc1CN1CCCC1. The number of benzene rings is 1. The maximum atomic E-state index is 5.89. The van der Waals surface area contributed by atoms with Crippen LogP contribution in [0.2, 0.25) is 0 Å². The first-order chi connectivity index (χ1) is 7.75. The van der Waals surface area contributed by atoms with Crippen LogP contribution in [-0.4, -0.2) is 24.0 Å². The van der Waals surface area contributed by atoms with Gasteiger partial charge in [-0.3, -0.25) is 4.90 Å². The van der Waals surface area contributed by atoms with Crippen LogP contribution in [0.3, 0.4) is 0 Å². The largest absolute Gasteiger partial charge is 0.328 e. The van der Waals surface area contributed by atoms with Crippen molar-refractivity contribution in [3.05, 3.63) is 35.4 Å².